The molecule has 5 nitrogen and oxygen atoms in total. The Morgan fingerprint density at radius 1 is 1.00 bits per heavy atom. The van der Waals surface area contributed by atoms with Gasteiger partial charge in [0.2, 0.25) is 0 Å². The number of nitrogens with zero attached hydrogens (tertiary/aromatic N) is 1. The number of esters is 1. The lowest BCUT2D eigenvalue weighted by Gasteiger charge is -2.14. The molecule has 1 N–H and O–H groups in total. The molecule has 150 valence electrons. The van der Waals surface area contributed by atoms with Crippen LogP contribution >= 0.6 is 0 Å². The minimum Gasteiger partial charge on any atom is -0.452 e. The molecule has 0 radical (unpaired) electrons. The molecule has 29 heavy (non-hydrogen) atoms. The maximum atomic E-state index is 12.5. The van der Waals surface area contributed by atoms with Gasteiger partial charge >= 0.3 is 5.97 Å². The van der Waals surface area contributed by atoms with Gasteiger partial charge in [0.25, 0.3) is 5.91 Å². The first-order valence-electron chi connectivity index (χ1n) is 9.68. The average molecular weight is 390 g/mol. The first-order valence-corrected chi connectivity index (χ1v) is 9.68. The van der Waals surface area contributed by atoms with Crippen molar-refractivity contribution in [3.05, 3.63) is 94.8 Å². The number of aromatic nitrogens is 1. The number of rotatable bonds is 7. The summed E-state index contributed by atoms with van der Waals surface area (Å²) in [6, 6.07) is 21.4. The molecule has 1 atom stereocenters. The highest BCUT2D eigenvalue weighted by atomic mass is 16.5. The van der Waals surface area contributed by atoms with Crippen molar-refractivity contribution < 1.29 is 14.3 Å². The minimum atomic E-state index is -0.486. The van der Waals surface area contributed by atoms with Gasteiger partial charge in [-0.25, -0.2) is 4.79 Å². The third kappa shape index (κ3) is 5.13. The highest BCUT2D eigenvalue weighted by molar-refractivity contribution is 5.92. The van der Waals surface area contributed by atoms with Crippen LogP contribution in [0.1, 0.15) is 45.8 Å². The van der Waals surface area contributed by atoms with Gasteiger partial charge in [-0.1, -0.05) is 60.7 Å². The summed E-state index contributed by atoms with van der Waals surface area (Å²) in [5.74, 6) is -0.812. The van der Waals surface area contributed by atoms with Gasteiger partial charge in [-0.15, -0.1) is 0 Å². The summed E-state index contributed by atoms with van der Waals surface area (Å²) in [6.45, 7) is 6.12. The van der Waals surface area contributed by atoms with E-state index in [1.807, 2.05) is 75.4 Å². The quantitative estimate of drug-likeness (QED) is 0.616. The van der Waals surface area contributed by atoms with E-state index in [0.29, 0.717) is 12.1 Å². The normalized spacial score (nSPS) is 11.7. The van der Waals surface area contributed by atoms with Gasteiger partial charge in [-0.05, 0) is 38.0 Å². The first kappa shape index (κ1) is 20.4. The number of ether oxygens (including phenoxy) is 1. The van der Waals surface area contributed by atoms with Gasteiger partial charge in [0.05, 0.1) is 11.6 Å². The zero-order valence-corrected chi connectivity index (χ0v) is 17.0. The molecule has 2 aromatic carbocycles. The molecule has 0 fully saturated rings. The van der Waals surface area contributed by atoms with Crippen molar-refractivity contribution in [1.29, 1.82) is 0 Å². The molecule has 0 spiro atoms. The smallest absolute Gasteiger partial charge is 0.340 e. The molecular weight excluding hydrogens is 364 g/mol. The lowest BCUT2D eigenvalue weighted by molar-refractivity contribution is -0.124. The van der Waals surface area contributed by atoms with Crippen LogP contribution in [-0.4, -0.2) is 23.1 Å². The van der Waals surface area contributed by atoms with Crippen molar-refractivity contribution in [1.82, 2.24) is 9.88 Å². The first-order chi connectivity index (χ1) is 14.0. The maximum Gasteiger partial charge on any atom is 0.340 e. The zero-order chi connectivity index (χ0) is 20.8. The van der Waals surface area contributed by atoms with E-state index in [0.717, 1.165) is 22.5 Å². The molecule has 0 bridgehead atoms. The highest BCUT2D eigenvalue weighted by Gasteiger charge is 2.19. The van der Waals surface area contributed by atoms with Crippen LogP contribution in [0.25, 0.3) is 0 Å². The summed E-state index contributed by atoms with van der Waals surface area (Å²) in [4.78, 5) is 24.7. The summed E-state index contributed by atoms with van der Waals surface area (Å²) in [7, 11) is 0. The third-order valence-electron chi connectivity index (χ3n) is 4.99. The van der Waals surface area contributed by atoms with E-state index in [4.69, 9.17) is 4.74 Å². The van der Waals surface area contributed by atoms with E-state index in [-0.39, 0.29) is 18.6 Å². The fourth-order valence-corrected chi connectivity index (χ4v) is 3.33. The molecule has 0 saturated carbocycles. The van der Waals surface area contributed by atoms with Crippen LogP contribution < -0.4 is 5.32 Å². The predicted octanol–water partition coefficient (Wildman–Crippen LogP) is 4.19. The highest BCUT2D eigenvalue weighted by Crippen LogP contribution is 2.18. The molecule has 3 aromatic rings. The van der Waals surface area contributed by atoms with Crippen molar-refractivity contribution >= 4 is 11.9 Å². The second kappa shape index (κ2) is 9.24. The predicted molar refractivity (Wildman–Crippen MR) is 113 cm³/mol. The van der Waals surface area contributed by atoms with Crippen molar-refractivity contribution in [3.8, 4) is 0 Å². The van der Waals surface area contributed by atoms with Crippen molar-refractivity contribution in [2.75, 3.05) is 6.61 Å². The number of amides is 1. The summed E-state index contributed by atoms with van der Waals surface area (Å²) in [6.07, 6.45) is 0. The van der Waals surface area contributed by atoms with Crippen molar-refractivity contribution in [2.45, 2.75) is 33.4 Å². The van der Waals surface area contributed by atoms with Gasteiger partial charge in [-0.2, -0.15) is 0 Å². The summed E-state index contributed by atoms with van der Waals surface area (Å²) < 4.78 is 7.33. The Hall–Kier alpha value is -3.34. The standard InChI is InChI=1S/C24H26N2O3/c1-17-14-22(19(3)26(17)15-20-10-6-4-7-11-20)24(28)29-16-23(27)25-18(2)21-12-8-5-9-13-21/h4-14,18H,15-16H2,1-3H3,(H,25,27). The molecule has 1 heterocycles. The van der Waals surface area contributed by atoms with Crippen LogP contribution in [0, 0.1) is 13.8 Å². The zero-order valence-electron chi connectivity index (χ0n) is 17.0. The van der Waals surface area contributed by atoms with Gasteiger partial charge in [-0.3, -0.25) is 4.79 Å². The Balaban J connectivity index is 1.59. The molecule has 1 unspecified atom stereocenters. The largest absolute Gasteiger partial charge is 0.452 e. The maximum absolute atomic E-state index is 12.5. The minimum absolute atomic E-state index is 0.154. The molecule has 0 saturated heterocycles. The monoisotopic (exact) mass is 390 g/mol. The number of carbonyl (C=O) groups excluding carboxylic acids is 2. The number of carbonyl (C=O) groups is 2. The van der Waals surface area contributed by atoms with Gasteiger partial charge in [0.1, 0.15) is 0 Å². The summed E-state index contributed by atoms with van der Waals surface area (Å²) in [5, 5.41) is 2.85. The summed E-state index contributed by atoms with van der Waals surface area (Å²) >= 11 is 0. The lowest BCUT2D eigenvalue weighted by Crippen LogP contribution is -2.31. The van der Waals surface area contributed by atoms with E-state index >= 15 is 0 Å². The van der Waals surface area contributed by atoms with Gasteiger partial charge in [0, 0.05) is 17.9 Å². The molecule has 1 aromatic heterocycles. The molecule has 1 amide bonds. The topological polar surface area (TPSA) is 60.3 Å². The number of aryl methyl sites for hydroxylation is 1. The van der Waals surface area contributed by atoms with Gasteiger partial charge in [0.15, 0.2) is 6.61 Å². The molecular formula is C24H26N2O3. The van der Waals surface area contributed by atoms with E-state index in [9.17, 15) is 9.59 Å². The van der Waals surface area contributed by atoms with Crippen molar-refractivity contribution in [2.24, 2.45) is 0 Å². The molecule has 5 heteroatoms. The fourth-order valence-electron chi connectivity index (χ4n) is 3.33. The van der Waals surface area contributed by atoms with Crippen LogP contribution in [0.2, 0.25) is 0 Å². The van der Waals surface area contributed by atoms with E-state index in [2.05, 4.69) is 22.0 Å². The Morgan fingerprint density at radius 3 is 2.28 bits per heavy atom. The Kier molecular flexibility index (Phi) is 6.50. The van der Waals surface area contributed by atoms with Gasteiger partial charge < -0.3 is 14.6 Å². The number of hydrogen-bond acceptors (Lipinski definition) is 3. The van der Waals surface area contributed by atoms with Crippen molar-refractivity contribution in [3.63, 3.8) is 0 Å². The second-order valence-electron chi connectivity index (χ2n) is 7.13. The van der Waals surface area contributed by atoms with Crippen LogP contribution in [0.5, 0.6) is 0 Å². The SMILES string of the molecule is Cc1cc(C(=O)OCC(=O)NC(C)c2ccccc2)c(C)n1Cc1ccccc1. The number of nitrogens with one attached hydrogen (secondary N) is 1. The average Bonchev–Trinajstić information content (AvgIpc) is 3.01. The molecule has 0 aliphatic heterocycles. The van der Waals surface area contributed by atoms with Crippen LogP contribution in [0.3, 0.4) is 0 Å². The Morgan fingerprint density at radius 2 is 1.62 bits per heavy atom. The van der Waals surface area contributed by atoms with Crippen LogP contribution in [0.4, 0.5) is 0 Å². The van der Waals surface area contributed by atoms with E-state index < -0.39 is 5.97 Å². The third-order valence-corrected chi connectivity index (χ3v) is 4.99. The fraction of sp³-hybridized carbons (Fsp3) is 0.250. The number of hydrogen-bond donors (Lipinski definition) is 1. The van der Waals surface area contributed by atoms with E-state index in [1.54, 1.807) is 0 Å². The lowest BCUT2D eigenvalue weighted by atomic mass is 10.1. The van der Waals surface area contributed by atoms with E-state index in [1.165, 1.54) is 0 Å². The molecule has 0 aliphatic carbocycles. The Bertz CT molecular complexity index is 978. The molecule has 0 aliphatic rings. The molecule has 3 rings (SSSR count). The number of benzene rings is 2. The Labute approximate surface area is 171 Å². The van der Waals surface area contributed by atoms with Crippen LogP contribution in [-0.2, 0) is 16.1 Å². The summed E-state index contributed by atoms with van der Waals surface area (Å²) in [5.41, 5.74) is 4.44. The second-order valence-corrected chi connectivity index (χ2v) is 7.13. The van der Waals surface area contributed by atoms with Crippen LogP contribution in [0.15, 0.2) is 66.7 Å².